The Hall–Kier alpha value is -2.17. The molecule has 0 saturated heterocycles. The molecule has 0 atom stereocenters. The van der Waals surface area contributed by atoms with E-state index in [0.717, 1.165) is 0 Å². The molecular formula is C10H10N2O3. The van der Waals surface area contributed by atoms with Crippen LogP contribution in [-0.2, 0) is 14.3 Å². The molecule has 0 aliphatic heterocycles. The fourth-order valence-electron chi connectivity index (χ4n) is 0.942. The van der Waals surface area contributed by atoms with Crippen molar-refractivity contribution in [3.63, 3.8) is 0 Å². The molecule has 0 unspecified atom stereocenters. The Morgan fingerprint density at radius 2 is 2.33 bits per heavy atom. The van der Waals surface area contributed by atoms with Crippen LogP contribution in [0.5, 0.6) is 0 Å². The molecular weight excluding hydrogens is 196 g/mol. The van der Waals surface area contributed by atoms with Crippen LogP contribution < -0.4 is 5.32 Å². The van der Waals surface area contributed by atoms with E-state index in [9.17, 15) is 9.59 Å². The van der Waals surface area contributed by atoms with E-state index in [-0.39, 0.29) is 5.70 Å². The molecule has 5 nitrogen and oxygen atoms in total. The molecule has 0 aliphatic rings. The molecule has 1 rings (SSSR count). The molecule has 1 amide bonds. The number of methoxy groups -OCH3 is 1. The molecule has 78 valence electrons. The minimum Gasteiger partial charge on any atom is -0.464 e. The molecule has 5 heteroatoms. The monoisotopic (exact) mass is 206 g/mol. The van der Waals surface area contributed by atoms with Crippen LogP contribution in [0.2, 0.25) is 0 Å². The van der Waals surface area contributed by atoms with Crippen LogP contribution in [-0.4, -0.2) is 24.5 Å². The van der Waals surface area contributed by atoms with Crippen molar-refractivity contribution in [2.24, 2.45) is 0 Å². The van der Waals surface area contributed by atoms with Crippen LogP contribution in [0.15, 0.2) is 30.1 Å². The number of hydrogen-bond acceptors (Lipinski definition) is 4. The third-order valence-corrected chi connectivity index (χ3v) is 1.60. The van der Waals surface area contributed by atoms with E-state index < -0.39 is 5.97 Å². The zero-order chi connectivity index (χ0) is 11.1. The molecule has 0 fully saturated rings. The number of rotatable bonds is 4. The average Bonchev–Trinajstić information content (AvgIpc) is 2.29. The quantitative estimate of drug-likeness (QED) is 0.438. The highest BCUT2D eigenvalue weighted by molar-refractivity contribution is 5.94. The van der Waals surface area contributed by atoms with E-state index in [0.29, 0.717) is 12.1 Å². The maximum absolute atomic E-state index is 11.2. The van der Waals surface area contributed by atoms with Gasteiger partial charge in [-0.25, -0.2) is 4.79 Å². The molecule has 0 bridgehead atoms. The number of pyridine rings is 1. The Labute approximate surface area is 86.8 Å². The van der Waals surface area contributed by atoms with Crippen LogP contribution in [0.4, 0.5) is 0 Å². The van der Waals surface area contributed by atoms with Crippen molar-refractivity contribution in [1.82, 2.24) is 10.3 Å². The summed E-state index contributed by atoms with van der Waals surface area (Å²) in [5.74, 6) is -0.618. The second-order valence-corrected chi connectivity index (χ2v) is 2.57. The Morgan fingerprint density at radius 3 is 2.87 bits per heavy atom. The largest absolute Gasteiger partial charge is 0.464 e. The van der Waals surface area contributed by atoms with Crippen LogP contribution in [0.1, 0.15) is 5.69 Å². The molecule has 1 N–H and O–H groups in total. The molecule has 15 heavy (non-hydrogen) atoms. The number of carbonyl (C=O) groups is 2. The molecule has 0 radical (unpaired) electrons. The first-order chi connectivity index (χ1) is 7.27. The predicted molar refractivity (Wildman–Crippen MR) is 53.4 cm³/mol. The van der Waals surface area contributed by atoms with E-state index in [4.69, 9.17) is 0 Å². The lowest BCUT2D eigenvalue weighted by Gasteiger charge is -2.02. The summed E-state index contributed by atoms with van der Waals surface area (Å²) in [7, 11) is 1.24. The fourth-order valence-corrected chi connectivity index (χ4v) is 0.942. The van der Waals surface area contributed by atoms with Crippen LogP contribution in [0.25, 0.3) is 6.08 Å². The summed E-state index contributed by atoms with van der Waals surface area (Å²) in [5, 5.41) is 2.25. The van der Waals surface area contributed by atoms with Crippen molar-refractivity contribution < 1.29 is 14.3 Å². The van der Waals surface area contributed by atoms with Crippen LogP contribution in [0.3, 0.4) is 0 Å². The van der Waals surface area contributed by atoms with E-state index >= 15 is 0 Å². The maximum atomic E-state index is 11.2. The number of carbonyl (C=O) groups excluding carboxylic acids is 2. The van der Waals surface area contributed by atoms with Crippen molar-refractivity contribution in [3.05, 3.63) is 35.8 Å². The zero-order valence-electron chi connectivity index (χ0n) is 8.14. The molecule has 0 spiro atoms. The summed E-state index contributed by atoms with van der Waals surface area (Å²) >= 11 is 0. The van der Waals surface area contributed by atoms with Gasteiger partial charge in [0.15, 0.2) is 0 Å². The third-order valence-electron chi connectivity index (χ3n) is 1.60. The fraction of sp³-hybridized carbons (Fsp3) is 0.100. The number of nitrogens with one attached hydrogen (secondary N) is 1. The first kappa shape index (κ1) is 10.9. The second-order valence-electron chi connectivity index (χ2n) is 2.57. The number of hydrogen-bond donors (Lipinski definition) is 1. The predicted octanol–water partition coefficient (Wildman–Crippen LogP) is 0.341. The van der Waals surface area contributed by atoms with Crippen molar-refractivity contribution in [1.29, 1.82) is 0 Å². The zero-order valence-corrected chi connectivity index (χ0v) is 8.14. The van der Waals surface area contributed by atoms with Gasteiger partial charge in [0.05, 0.1) is 12.8 Å². The first-order valence-electron chi connectivity index (χ1n) is 4.19. The molecule has 0 aliphatic carbocycles. The Balaban J connectivity index is 2.93. The van der Waals surface area contributed by atoms with Gasteiger partial charge < -0.3 is 10.1 Å². The van der Waals surface area contributed by atoms with Gasteiger partial charge in [-0.3, -0.25) is 9.78 Å². The van der Waals surface area contributed by atoms with Crippen molar-refractivity contribution in [2.45, 2.75) is 0 Å². The third kappa shape index (κ3) is 3.22. The lowest BCUT2D eigenvalue weighted by Crippen LogP contribution is -2.19. The van der Waals surface area contributed by atoms with E-state index in [1.165, 1.54) is 13.2 Å². The highest BCUT2D eigenvalue weighted by Crippen LogP contribution is 2.02. The van der Waals surface area contributed by atoms with E-state index in [1.54, 1.807) is 24.4 Å². The highest BCUT2D eigenvalue weighted by atomic mass is 16.5. The lowest BCUT2D eigenvalue weighted by atomic mass is 10.3. The number of amides is 1. The van der Waals surface area contributed by atoms with Crippen molar-refractivity contribution in [2.75, 3.05) is 7.11 Å². The summed E-state index contributed by atoms with van der Waals surface area (Å²) < 4.78 is 4.48. The number of nitrogens with zero attached hydrogens (tertiary/aromatic N) is 1. The van der Waals surface area contributed by atoms with Gasteiger partial charge >= 0.3 is 5.97 Å². The minimum atomic E-state index is -0.618. The molecule has 1 aromatic rings. The number of ether oxygens (including phenoxy) is 1. The number of esters is 1. The lowest BCUT2D eigenvalue weighted by molar-refractivity contribution is -0.137. The standard InChI is InChI=1S/C10H10N2O3/c1-15-10(14)9(12-7-13)6-8-4-2-3-5-11-8/h2-7H,1H3,(H,12,13). The van der Waals surface area contributed by atoms with Crippen LogP contribution in [0, 0.1) is 0 Å². The van der Waals surface area contributed by atoms with Gasteiger partial charge in [0.2, 0.25) is 6.41 Å². The molecule has 1 aromatic heterocycles. The second kappa shape index (κ2) is 5.54. The van der Waals surface area contributed by atoms with Gasteiger partial charge in [0.1, 0.15) is 5.70 Å². The van der Waals surface area contributed by atoms with Gasteiger partial charge in [-0.1, -0.05) is 6.07 Å². The van der Waals surface area contributed by atoms with E-state index in [1.807, 2.05) is 0 Å². The van der Waals surface area contributed by atoms with Gasteiger partial charge in [0.25, 0.3) is 0 Å². The van der Waals surface area contributed by atoms with Crippen molar-refractivity contribution in [3.8, 4) is 0 Å². The Bertz CT molecular complexity index is 374. The van der Waals surface area contributed by atoms with Crippen molar-refractivity contribution >= 4 is 18.5 Å². The summed E-state index contributed by atoms with van der Waals surface area (Å²) in [6, 6.07) is 5.23. The average molecular weight is 206 g/mol. The van der Waals surface area contributed by atoms with E-state index in [2.05, 4.69) is 15.0 Å². The summed E-state index contributed by atoms with van der Waals surface area (Å²) in [4.78, 5) is 25.4. The summed E-state index contributed by atoms with van der Waals surface area (Å²) in [6.07, 6.45) is 3.42. The number of aromatic nitrogens is 1. The molecule has 0 saturated carbocycles. The Morgan fingerprint density at radius 1 is 1.53 bits per heavy atom. The highest BCUT2D eigenvalue weighted by Gasteiger charge is 2.08. The molecule has 1 heterocycles. The summed E-state index contributed by atoms with van der Waals surface area (Å²) in [5.41, 5.74) is 0.610. The van der Waals surface area contributed by atoms with Gasteiger partial charge in [-0.15, -0.1) is 0 Å². The Kier molecular flexibility index (Phi) is 4.03. The smallest absolute Gasteiger partial charge is 0.354 e. The van der Waals surface area contributed by atoms with Gasteiger partial charge in [-0.2, -0.15) is 0 Å². The normalized spacial score (nSPS) is 10.6. The topological polar surface area (TPSA) is 68.3 Å². The molecule has 0 aromatic carbocycles. The van der Waals surface area contributed by atoms with Gasteiger partial charge in [0, 0.05) is 6.20 Å². The maximum Gasteiger partial charge on any atom is 0.354 e. The van der Waals surface area contributed by atoms with Gasteiger partial charge in [-0.05, 0) is 18.2 Å². The minimum absolute atomic E-state index is 0.0474. The summed E-state index contributed by atoms with van der Waals surface area (Å²) in [6.45, 7) is 0. The van der Waals surface area contributed by atoms with Crippen LogP contribution >= 0.6 is 0 Å². The first-order valence-corrected chi connectivity index (χ1v) is 4.19. The SMILES string of the molecule is COC(=O)C(=Cc1ccccn1)NC=O.